The predicted octanol–water partition coefficient (Wildman–Crippen LogP) is -2.64. The molecule has 2 saturated heterocycles. The van der Waals surface area contributed by atoms with Crippen molar-refractivity contribution in [2.24, 2.45) is 0 Å². The Morgan fingerprint density at radius 2 is 1.58 bits per heavy atom. The number of hydrogen-bond donors (Lipinski definition) is 6. The van der Waals surface area contributed by atoms with E-state index in [-0.39, 0.29) is 23.9 Å². The quantitative estimate of drug-likeness (QED) is 0.216. The van der Waals surface area contributed by atoms with Crippen molar-refractivity contribution < 1.29 is 63.8 Å². The second-order valence-corrected chi connectivity index (χ2v) is 7.71. The Morgan fingerprint density at radius 3 is 2.09 bits per heavy atom. The zero-order chi connectivity index (χ0) is 24.3. The largest absolute Gasteiger partial charge is 0.496 e. The fourth-order valence-electron chi connectivity index (χ4n) is 3.48. The topological polar surface area (TPSA) is 186 Å². The van der Waals surface area contributed by atoms with Crippen LogP contribution in [0.15, 0.2) is 12.1 Å². The van der Waals surface area contributed by atoms with E-state index < -0.39 is 61.9 Å². The average Bonchev–Trinajstić information content (AvgIpc) is 3.12. The summed E-state index contributed by atoms with van der Waals surface area (Å²) in [6.45, 7) is -1.53. The zero-order valence-corrected chi connectivity index (χ0v) is 18.4. The minimum Gasteiger partial charge on any atom is -0.496 e. The first-order chi connectivity index (χ1) is 15.7. The van der Waals surface area contributed by atoms with Crippen LogP contribution in [0.2, 0.25) is 0 Å². The van der Waals surface area contributed by atoms with Gasteiger partial charge >= 0.3 is 0 Å². The molecule has 0 unspecified atom stereocenters. The summed E-state index contributed by atoms with van der Waals surface area (Å²) in [4.78, 5) is 0. The molecule has 188 valence electrons. The summed E-state index contributed by atoms with van der Waals surface area (Å²) in [6.07, 6.45) is -10.5. The third kappa shape index (κ3) is 5.11. The van der Waals surface area contributed by atoms with E-state index in [1.807, 2.05) is 0 Å². The number of ether oxygens (including phenoxy) is 7. The van der Waals surface area contributed by atoms with Gasteiger partial charge in [0.1, 0.15) is 41.9 Å². The standard InChI is InChI=1S/C20H30O13/c1-27-9-4-10(28-2)16(11(5-9)29-3)33-18-15(24)14(23)13(22)12(32-18)6-30-19-17(25)20(26,7-21)8-31-19/h4-5,12-15,17-19,21-26H,6-8H2,1-3H3/t12-,13-,14+,15-,17+,18+,19-,20-/m1/s1. The highest BCUT2D eigenvalue weighted by atomic mass is 16.7. The molecule has 33 heavy (non-hydrogen) atoms. The molecule has 0 aliphatic carbocycles. The first kappa shape index (κ1) is 25.7. The molecular formula is C20H30O13. The summed E-state index contributed by atoms with van der Waals surface area (Å²) >= 11 is 0. The van der Waals surface area contributed by atoms with Crippen molar-refractivity contribution in [1.29, 1.82) is 0 Å². The van der Waals surface area contributed by atoms with Crippen LogP contribution < -0.4 is 18.9 Å². The predicted molar refractivity (Wildman–Crippen MR) is 107 cm³/mol. The third-order valence-electron chi connectivity index (χ3n) is 5.58. The molecule has 2 aliphatic heterocycles. The van der Waals surface area contributed by atoms with Crippen LogP contribution in [0, 0.1) is 0 Å². The zero-order valence-electron chi connectivity index (χ0n) is 18.4. The Kier molecular flexibility index (Phi) is 8.21. The summed E-state index contributed by atoms with van der Waals surface area (Å²) in [6, 6.07) is 3.03. The average molecular weight is 478 g/mol. The van der Waals surface area contributed by atoms with Crippen LogP contribution in [0.3, 0.4) is 0 Å². The molecule has 1 aromatic carbocycles. The molecular weight excluding hydrogens is 448 g/mol. The number of benzene rings is 1. The maximum atomic E-state index is 10.4. The van der Waals surface area contributed by atoms with Crippen LogP contribution in [0.1, 0.15) is 0 Å². The molecule has 2 heterocycles. The summed E-state index contributed by atoms with van der Waals surface area (Å²) in [7, 11) is 4.22. The molecule has 2 fully saturated rings. The summed E-state index contributed by atoms with van der Waals surface area (Å²) in [5.41, 5.74) is -1.89. The lowest BCUT2D eigenvalue weighted by molar-refractivity contribution is -0.289. The van der Waals surface area contributed by atoms with E-state index in [1.165, 1.54) is 33.5 Å². The Bertz CT molecular complexity index is 766. The number of aliphatic hydroxyl groups excluding tert-OH is 5. The molecule has 2 aliphatic rings. The van der Waals surface area contributed by atoms with Crippen molar-refractivity contribution in [3.8, 4) is 23.0 Å². The van der Waals surface area contributed by atoms with Crippen LogP contribution in [-0.2, 0) is 14.2 Å². The Morgan fingerprint density at radius 1 is 0.939 bits per heavy atom. The van der Waals surface area contributed by atoms with Crippen LogP contribution >= 0.6 is 0 Å². The number of methoxy groups -OCH3 is 3. The van der Waals surface area contributed by atoms with E-state index >= 15 is 0 Å². The van der Waals surface area contributed by atoms with E-state index in [2.05, 4.69) is 0 Å². The molecule has 13 nitrogen and oxygen atoms in total. The van der Waals surface area contributed by atoms with Crippen molar-refractivity contribution in [3.63, 3.8) is 0 Å². The highest BCUT2D eigenvalue weighted by Crippen LogP contribution is 2.42. The van der Waals surface area contributed by atoms with E-state index in [0.29, 0.717) is 5.75 Å². The van der Waals surface area contributed by atoms with Crippen LogP contribution in [-0.4, -0.2) is 120 Å². The molecule has 0 spiro atoms. The van der Waals surface area contributed by atoms with Gasteiger partial charge in [-0.05, 0) is 0 Å². The van der Waals surface area contributed by atoms with Gasteiger partial charge in [-0.25, -0.2) is 0 Å². The highest BCUT2D eigenvalue weighted by Gasteiger charge is 2.50. The van der Waals surface area contributed by atoms with Gasteiger partial charge in [0.05, 0.1) is 41.2 Å². The van der Waals surface area contributed by atoms with Gasteiger partial charge in [0, 0.05) is 12.1 Å². The normalized spacial score (nSPS) is 36.5. The van der Waals surface area contributed by atoms with Crippen LogP contribution in [0.25, 0.3) is 0 Å². The van der Waals surface area contributed by atoms with Gasteiger partial charge in [0.15, 0.2) is 17.8 Å². The van der Waals surface area contributed by atoms with Gasteiger partial charge in [-0.2, -0.15) is 0 Å². The van der Waals surface area contributed by atoms with Crippen molar-refractivity contribution >= 4 is 0 Å². The van der Waals surface area contributed by atoms with Crippen LogP contribution in [0.5, 0.6) is 23.0 Å². The van der Waals surface area contributed by atoms with Gasteiger partial charge in [-0.15, -0.1) is 0 Å². The lowest BCUT2D eigenvalue weighted by Crippen LogP contribution is -2.60. The Labute approximate surface area is 189 Å². The maximum Gasteiger partial charge on any atom is 0.229 e. The van der Waals surface area contributed by atoms with Crippen LogP contribution in [0.4, 0.5) is 0 Å². The molecule has 0 saturated carbocycles. The molecule has 0 radical (unpaired) electrons. The summed E-state index contributed by atoms with van der Waals surface area (Å²) in [5.74, 6) is 0.860. The Hall–Kier alpha value is -1.94. The van der Waals surface area contributed by atoms with Gasteiger partial charge in [-0.3, -0.25) is 0 Å². The first-order valence-corrected chi connectivity index (χ1v) is 10.1. The summed E-state index contributed by atoms with van der Waals surface area (Å²) < 4.78 is 37.6. The van der Waals surface area contributed by atoms with Gasteiger partial charge in [0.2, 0.25) is 12.0 Å². The monoisotopic (exact) mass is 478 g/mol. The molecule has 8 atom stereocenters. The van der Waals surface area contributed by atoms with E-state index in [4.69, 9.17) is 33.2 Å². The van der Waals surface area contributed by atoms with E-state index in [0.717, 1.165) is 0 Å². The molecule has 1 aromatic rings. The fraction of sp³-hybridized carbons (Fsp3) is 0.700. The lowest BCUT2D eigenvalue weighted by Gasteiger charge is -2.40. The van der Waals surface area contributed by atoms with Crippen molar-refractivity contribution in [2.45, 2.75) is 48.7 Å². The fourth-order valence-corrected chi connectivity index (χ4v) is 3.48. The van der Waals surface area contributed by atoms with Gasteiger partial charge in [-0.1, -0.05) is 0 Å². The molecule has 0 bridgehead atoms. The molecule has 6 N–H and O–H groups in total. The first-order valence-electron chi connectivity index (χ1n) is 10.1. The number of hydrogen-bond acceptors (Lipinski definition) is 13. The minimum atomic E-state index is -1.89. The molecule has 0 amide bonds. The lowest BCUT2D eigenvalue weighted by atomic mass is 9.99. The van der Waals surface area contributed by atoms with Gasteiger partial charge in [0.25, 0.3) is 0 Å². The van der Waals surface area contributed by atoms with Crippen molar-refractivity contribution in [1.82, 2.24) is 0 Å². The smallest absolute Gasteiger partial charge is 0.229 e. The molecule has 13 heteroatoms. The molecule has 0 aromatic heterocycles. The van der Waals surface area contributed by atoms with E-state index in [1.54, 1.807) is 0 Å². The number of rotatable bonds is 9. The summed E-state index contributed by atoms with van der Waals surface area (Å²) in [5, 5.41) is 60.4. The van der Waals surface area contributed by atoms with Crippen molar-refractivity contribution in [3.05, 3.63) is 12.1 Å². The second-order valence-electron chi connectivity index (χ2n) is 7.71. The Balaban J connectivity index is 1.74. The van der Waals surface area contributed by atoms with Crippen molar-refractivity contribution in [2.75, 3.05) is 41.2 Å². The maximum absolute atomic E-state index is 10.4. The van der Waals surface area contributed by atoms with E-state index in [9.17, 15) is 30.6 Å². The van der Waals surface area contributed by atoms with Gasteiger partial charge < -0.3 is 63.8 Å². The molecule has 3 rings (SSSR count). The highest BCUT2D eigenvalue weighted by molar-refractivity contribution is 5.56. The second kappa shape index (κ2) is 10.5. The SMILES string of the molecule is COc1cc(OC)c(O[C@@H]2O[C@H](CO[C@@H]3OC[C@](O)(CO)[C@H]3O)[C@@H](O)[C@H](O)[C@H]2O)c(OC)c1. The third-order valence-corrected chi connectivity index (χ3v) is 5.58. The minimum absolute atomic E-state index is 0.0515. The number of aliphatic hydroxyl groups is 6.